The standard InChI is InChI=1S/C50H82NO8P/c1-6-8-10-12-14-16-18-20-22-24-25-27-29-31-33-35-37-39-41-43-50(53)59-48(47-58-60(54,55)57-45-44-51(3,4)5)46-56-49(52)42-40-38-36-34-32-30-28-26-23-21-19-17-15-13-11-9-7-2/h8-11,14-17,20-23,25,27,31,33,37,39,48H,6-7,12-13,18-19,24,26,28-30,32,34-36,38,40-47H2,1-5H3/b10-8-,11-9-,16-14-,17-15-,22-20-,23-21-,27-25-,33-31-,39-37-. The molecule has 0 N–H and O–H groups in total. The van der Waals surface area contributed by atoms with Gasteiger partial charge in [-0.15, -0.1) is 0 Å². The Kier molecular flexibility index (Phi) is 38.8. The molecule has 10 heteroatoms. The number of phosphoric acid groups is 1. The fraction of sp³-hybridized carbons (Fsp3) is 0.600. The number of nitrogens with zero attached hydrogens (tertiary/aromatic N) is 1. The second-order valence-electron chi connectivity index (χ2n) is 15.6. The van der Waals surface area contributed by atoms with Gasteiger partial charge < -0.3 is 27.9 Å². The van der Waals surface area contributed by atoms with Crippen LogP contribution < -0.4 is 4.89 Å². The zero-order valence-corrected chi connectivity index (χ0v) is 39.0. The maximum Gasteiger partial charge on any atom is 0.306 e. The second-order valence-corrected chi connectivity index (χ2v) is 17.1. The van der Waals surface area contributed by atoms with Gasteiger partial charge in [-0.25, -0.2) is 0 Å². The number of esters is 2. The first-order chi connectivity index (χ1) is 29.0. The molecule has 0 radical (unpaired) electrons. The lowest BCUT2D eigenvalue weighted by atomic mass is 10.1. The van der Waals surface area contributed by atoms with E-state index in [1.54, 1.807) is 0 Å². The van der Waals surface area contributed by atoms with Crippen molar-refractivity contribution in [3.05, 3.63) is 109 Å². The molecule has 0 aliphatic carbocycles. The van der Waals surface area contributed by atoms with Gasteiger partial charge in [0.05, 0.1) is 27.7 Å². The number of quaternary nitrogens is 1. The summed E-state index contributed by atoms with van der Waals surface area (Å²) in [6, 6.07) is 0. The van der Waals surface area contributed by atoms with Gasteiger partial charge in [0.15, 0.2) is 6.10 Å². The molecular weight excluding hydrogens is 774 g/mol. The van der Waals surface area contributed by atoms with Gasteiger partial charge in [-0.05, 0) is 83.5 Å². The van der Waals surface area contributed by atoms with Crippen molar-refractivity contribution in [1.29, 1.82) is 0 Å². The average Bonchev–Trinajstić information content (AvgIpc) is 3.20. The van der Waals surface area contributed by atoms with E-state index < -0.39 is 32.5 Å². The van der Waals surface area contributed by atoms with Gasteiger partial charge in [-0.1, -0.05) is 155 Å². The molecule has 2 atom stereocenters. The number of carbonyl (C=O) groups excluding carboxylic acids is 2. The van der Waals surface area contributed by atoms with Crippen LogP contribution in [0.4, 0.5) is 0 Å². The van der Waals surface area contributed by atoms with E-state index in [1.165, 1.54) is 19.3 Å². The molecule has 0 bridgehead atoms. The summed E-state index contributed by atoms with van der Waals surface area (Å²) in [5.41, 5.74) is 0. The van der Waals surface area contributed by atoms with Crippen LogP contribution in [0.2, 0.25) is 0 Å². The summed E-state index contributed by atoms with van der Waals surface area (Å²) >= 11 is 0. The highest BCUT2D eigenvalue weighted by Crippen LogP contribution is 2.38. The van der Waals surface area contributed by atoms with E-state index in [4.69, 9.17) is 18.5 Å². The Bertz CT molecular complexity index is 1380. The molecule has 60 heavy (non-hydrogen) atoms. The van der Waals surface area contributed by atoms with Crippen LogP contribution in [0.5, 0.6) is 0 Å². The minimum Gasteiger partial charge on any atom is -0.756 e. The van der Waals surface area contributed by atoms with E-state index in [-0.39, 0.29) is 26.1 Å². The highest BCUT2D eigenvalue weighted by Gasteiger charge is 2.21. The van der Waals surface area contributed by atoms with Crippen LogP contribution in [0.25, 0.3) is 0 Å². The lowest BCUT2D eigenvalue weighted by Gasteiger charge is -2.28. The highest BCUT2D eigenvalue weighted by molar-refractivity contribution is 7.45. The Morgan fingerprint density at radius 2 is 0.933 bits per heavy atom. The molecule has 0 aliphatic heterocycles. The van der Waals surface area contributed by atoms with E-state index in [9.17, 15) is 19.0 Å². The predicted molar refractivity (Wildman–Crippen MR) is 249 cm³/mol. The van der Waals surface area contributed by atoms with Crippen molar-refractivity contribution in [2.75, 3.05) is 47.5 Å². The molecule has 0 spiro atoms. The molecule has 9 nitrogen and oxygen atoms in total. The quantitative estimate of drug-likeness (QED) is 0.0198. The number of unbranched alkanes of at least 4 members (excludes halogenated alkanes) is 7. The van der Waals surface area contributed by atoms with Crippen molar-refractivity contribution in [2.24, 2.45) is 0 Å². The summed E-state index contributed by atoms with van der Waals surface area (Å²) in [5.74, 6) is -0.956. The van der Waals surface area contributed by atoms with E-state index in [2.05, 4.69) is 111 Å². The third-order valence-electron chi connectivity index (χ3n) is 8.80. The van der Waals surface area contributed by atoms with Gasteiger partial charge >= 0.3 is 11.9 Å². The molecule has 0 saturated heterocycles. The smallest absolute Gasteiger partial charge is 0.306 e. The van der Waals surface area contributed by atoms with Gasteiger partial charge in [-0.2, -0.15) is 0 Å². The lowest BCUT2D eigenvalue weighted by molar-refractivity contribution is -0.870. The van der Waals surface area contributed by atoms with Crippen molar-refractivity contribution in [2.45, 2.75) is 148 Å². The molecule has 0 rings (SSSR count). The normalized spacial score (nSPS) is 14.6. The Balaban J connectivity index is 4.51. The number of likely N-dealkylation sites (N-methyl/N-ethyl adjacent to an activating group) is 1. The van der Waals surface area contributed by atoms with Crippen molar-refractivity contribution in [3.8, 4) is 0 Å². The maximum atomic E-state index is 12.7. The first kappa shape index (κ1) is 56.7. The van der Waals surface area contributed by atoms with Crippen LogP contribution in [0, 0.1) is 0 Å². The van der Waals surface area contributed by atoms with Gasteiger partial charge in [0.25, 0.3) is 7.82 Å². The first-order valence-corrected chi connectivity index (χ1v) is 24.1. The minimum absolute atomic E-state index is 0.0527. The SMILES string of the molecule is CC/C=C\C/C=C\C/C=C\C/C=C\C/C=C\C/C=C\CCC(=O)OC(COC(=O)CCCCCCCCC/C=C\C/C=C\C/C=C\CC)COP(=O)([O-])OCC[N+](C)(C)C. The van der Waals surface area contributed by atoms with Gasteiger partial charge in [0, 0.05) is 12.8 Å². The molecule has 0 amide bonds. The number of rotatable bonds is 39. The maximum absolute atomic E-state index is 12.7. The third kappa shape index (κ3) is 44.2. The monoisotopic (exact) mass is 856 g/mol. The predicted octanol–water partition coefficient (Wildman–Crippen LogP) is 12.5. The van der Waals surface area contributed by atoms with Crippen molar-refractivity contribution < 1.29 is 42.1 Å². The molecule has 0 fully saturated rings. The fourth-order valence-corrected chi connectivity index (χ4v) is 6.07. The number of allylic oxidation sites excluding steroid dienone is 18. The van der Waals surface area contributed by atoms with Gasteiger partial charge in [0.1, 0.15) is 19.8 Å². The van der Waals surface area contributed by atoms with Crippen LogP contribution in [0.15, 0.2) is 109 Å². The number of carbonyl (C=O) groups is 2. The largest absolute Gasteiger partial charge is 0.756 e. The van der Waals surface area contributed by atoms with Gasteiger partial charge in [-0.3, -0.25) is 14.2 Å². The van der Waals surface area contributed by atoms with Crippen LogP contribution in [0.3, 0.4) is 0 Å². The molecule has 0 heterocycles. The Labute approximate surface area is 366 Å². The summed E-state index contributed by atoms with van der Waals surface area (Å²) in [4.78, 5) is 37.6. The Morgan fingerprint density at radius 1 is 0.517 bits per heavy atom. The van der Waals surface area contributed by atoms with Crippen LogP contribution in [0.1, 0.15) is 142 Å². The molecule has 2 unspecified atom stereocenters. The molecule has 0 aliphatic rings. The number of ether oxygens (including phenoxy) is 2. The second kappa shape index (κ2) is 41.0. The van der Waals surface area contributed by atoms with Crippen molar-refractivity contribution in [1.82, 2.24) is 0 Å². The Morgan fingerprint density at radius 3 is 1.40 bits per heavy atom. The zero-order chi connectivity index (χ0) is 44.3. The molecule has 340 valence electrons. The number of hydrogen-bond donors (Lipinski definition) is 0. The summed E-state index contributed by atoms with van der Waals surface area (Å²) in [5, 5.41) is 0. The number of phosphoric ester groups is 1. The summed E-state index contributed by atoms with van der Waals surface area (Å²) in [6.07, 6.45) is 55.6. The highest BCUT2D eigenvalue weighted by atomic mass is 31.2. The van der Waals surface area contributed by atoms with Crippen molar-refractivity contribution in [3.63, 3.8) is 0 Å². The zero-order valence-electron chi connectivity index (χ0n) is 38.1. The lowest BCUT2D eigenvalue weighted by Crippen LogP contribution is -2.37. The summed E-state index contributed by atoms with van der Waals surface area (Å²) in [7, 11) is 1.09. The van der Waals surface area contributed by atoms with Crippen LogP contribution in [-0.2, 0) is 32.7 Å². The van der Waals surface area contributed by atoms with Crippen molar-refractivity contribution >= 4 is 19.8 Å². The van der Waals surface area contributed by atoms with Crippen LogP contribution in [-0.4, -0.2) is 70.0 Å². The minimum atomic E-state index is -4.66. The van der Waals surface area contributed by atoms with Crippen LogP contribution >= 0.6 is 7.82 Å². The number of hydrogen-bond acceptors (Lipinski definition) is 8. The topological polar surface area (TPSA) is 111 Å². The fourth-order valence-electron chi connectivity index (χ4n) is 5.34. The molecule has 0 saturated carbocycles. The first-order valence-electron chi connectivity index (χ1n) is 22.6. The molecular formula is C50H82NO8P. The van der Waals surface area contributed by atoms with E-state index in [0.29, 0.717) is 23.9 Å². The summed E-state index contributed by atoms with van der Waals surface area (Å²) < 4.78 is 33.8. The van der Waals surface area contributed by atoms with E-state index in [1.807, 2.05) is 33.3 Å². The molecule has 0 aromatic carbocycles. The third-order valence-corrected chi connectivity index (χ3v) is 9.77. The molecule has 0 aromatic rings. The van der Waals surface area contributed by atoms with Gasteiger partial charge in [0.2, 0.25) is 0 Å². The van der Waals surface area contributed by atoms with E-state index >= 15 is 0 Å². The van der Waals surface area contributed by atoms with E-state index in [0.717, 1.165) is 83.5 Å². The average molecular weight is 856 g/mol. The Hall–Kier alpha value is -3.33. The summed E-state index contributed by atoms with van der Waals surface area (Å²) in [6.45, 7) is 3.87. The molecule has 0 aromatic heterocycles.